The summed E-state index contributed by atoms with van der Waals surface area (Å²) < 4.78 is 13.4. The SMILES string of the molecule is CCC1CCN(Cc2cc(F)cc(C(=O)O)c2)CC1. The van der Waals surface area contributed by atoms with Gasteiger partial charge in [0.15, 0.2) is 0 Å². The van der Waals surface area contributed by atoms with Crippen molar-refractivity contribution in [3.63, 3.8) is 0 Å². The molecule has 0 bridgehead atoms. The van der Waals surface area contributed by atoms with E-state index in [9.17, 15) is 9.18 Å². The minimum Gasteiger partial charge on any atom is -0.478 e. The molecule has 0 aromatic heterocycles. The summed E-state index contributed by atoms with van der Waals surface area (Å²) in [6, 6.07) is 4.06. The molecule has 1 aromatic carbocycles. The Morgan fingerprint density at radius 1 is 1.37 bits per heavy atom. The van der Waals surface area contributed by atoms with Crippen molar-refractivity contribution in [3.8, 4) is 0 Å². The molecule has 1 aliphatic rings. The van der Waals surface area contributed by atoms with Crippen molar-refractivity contribution < 1.29 is 14.3 Å². The van der Waals surface area contributed by atoms with E-state index in [2.05, 4.69) is 11.8 Å². The van der Waals surface area contributed by atoms with E-state index < -0.39 is 11.8 Å². The summed E-state index contributed by atoms with van der Waals surface area (Å²) in [5, 5.41) is 8.93. The van der Waals surface area contributed by atoms with Crippen molar-refractivity contribution >= 4 is 5.97 Å². The second kappa shape index (κ2) is 6.15. The van der Waals surface area contributed by atoms with Gasteiger partial charge in [-0.2, -0.15) is 0 Å². The molecule has 0 spiro atoms. The predicted molar refractivity (Wildman–Crippen MR) is 71.7 cm³/mol. The highest BCUT2D eigenvalue weighted by atomic mass is 19.1. The van der Waals surface area contributed by atoms with Gasteiger partial charge < -0.3 is 5.11 Å². The average molecular weight is 265 g/mol. The Morgan fingerprint density at radius 2 is 2.05 bits per heavy atom. The lowest BCUT2D eigenvalue weighted by atomic mass is 9.94. The molecule has 0 radical (unpaired) electrons. The summed E-state index contributed by atoms with van der Waals surface area (Å²) in [6.07, 6.45) is 3.58. The van der Waals surface area contributed by atoms with Crippen LogP contribution in [0.5, 0.6) is 0 Å². The fraction of sp³-hybridized carbons (Fsp3) is 0.533. The number of nitrogens with zero attached hydrogens (tertiary/aromatic N) is 1. The number of hydrogen-bond acceptors (Lipinski definition) is 2. The molecule has 0 saturated carbocycles. The Kier molecular flexibility index (Phi) is 4.53. The first kappa shape index (κ1) is 14.0. The van der Waals surface area contributed by atoms with Crippen molar-refractivity contribution in [3.05, 3.63) is 35.1 Å². The predicted octanol–water partition coefficient (Wildman–Crippen LogP) is 3.15. The highest BCUT2D eigenvalue weighted by molar-refractivity contribution is 5.87. The van der Waals surface area contributed by atoms with E-state index in [1.807, 2.05) is 0 Å². The first-order valence-corrected chi connectivity index (χ1v) is 6.83. The summed E-state index contributed by atoms with van der Waals surface area (Å²) in [7, 11) is 0. The van der Waals surface area contributed by atoms with Crippen LogP contribution in [0.15, 0.2) is 18.2 Å². The Hall–Kier alpha value is -1.42. The molecule has 0 amide bonds. The topological polar surface area (TPSA) is 40.5 Å². The number of hydrogen-bond donors (Lipinski definition) is 1. The maximum atomic E-state index is 13.4. The van der Waals surface area contributed by atoms with E-state index in [-0.39, 0.29) is 5.56 Å². The molecule has 1 heterocycles. The maximum Gasteiger partial charge on any atom is 0.335 e. The first-order valence-electron chi connectivity index (χ1n) is 6.83. The molecule has 1 aromatic rings. The van der Waals surface area contributed by atoms with Crippen molar-refractivity contribution in [2.45, 2.75) is 32.7 Å². The summed E-state index contributed by atoms with van der Waals surface area (Å²) >= 11 is 0. The summed E-state index contributed by atoms with van der Waals surface area (Å²) in [5.74, 6) is -0.748. The van der Waals surface area contributed by atoms with Crippen molar-refractivity contribution in [1.29, 1.82) is 0 Å². The normalized spacial score (nSPS) is 17.6. The Morgan fingerprint density at radius 3 is 2.63 bits per heavy atom. The largest absolute Gasteiger partial charge is 0.478 e. The number of benzene rings is 1. The number of likely N-dealkylation sites (tertiary alicyclic amines) is 1. The molecule has 1 fully saturated rings. The lowest BCUT2D eigenvalue weighted by molar-refractivity contribution is 0.0696. The van der Waals surface area contributed by atoms with Gasteiger partial charge in [0.05, 0.1) is 5.56 Å². The van der Waals surface area contributed by atoms with E-state index in [1.54, 1.807) is 6.07 Å². The number of carboxylic acid groups (broad SMARTS) is 1. The average Bonchev–Trinajstić information content (AvgIpc) is 2.39. The number of carboxylic acids is 1. The molecular weight excluding hydrogens is 245 g/mol. The van der Waals surface area contributed by atoms with Crippen LogP contribution < -0.4 is 0 Å². The quantitative estimate of drug-likeness (QED) is 0.909. The third-order valence-electron chi connectivity index (χ3n) is 3.90. The van der Waals surface area contributed by atoms with Crippen molar-refractivity contribution in [2.75, 3.05) is 13.1 Å². The van der Waals surface area contributed by atoms with Gasteiger partial charge in [0.25, 0.3) is 0 Å². The van der Waals surface area contributed by atoms with E-state index in [4.69, 9.17) is 5.11 Å². The number of rotatable bonds is 4. The Labute approximate surface area is 113 Å². The van der Waals surface area contributed by atoms with Gasteiger partial charge in [0.2, 0.25) is 0 Å². The molecule has 2 rings (SSSR count). The minimum absolute atomic E-state index is 0.0263. The molecule has 19 heavy (non-hydrogen) atoms. The van der Waals surface area contributed by atoms with Crippen molar-refractivity contribution in [1.82, 2.24) is 4.90 Å². The summed E-state index contributed by atoms with van der Waals surface area (Å²) in [4.78, 5) is 13.2. The third kappa shape index (κ3) is 3.77. The molecule has 1 N–H and O–H groups in total. The van der Waals surface area contributed by atoms with E-state index in [0.29, 0.717) is 6.54 Å². The van der Waals surface area contributed by atoms with Crippen LogP contribution in [0.2, 0.25) is 0 Å². The standard InChI is InChI=1S/C15H20FNO2/c1-2-11-3-5-17(6-4-11)10-12-7-13(15(18)19)9-14(16)8-12/h7-9,11H,2-6,10H2,1H3,(H,18,19). The lowest BCUT2D eigenvalue weighted by Gasteiger charge is -2.31. The van der Waals surface area contributed by atoms with Gasteiger partial charge in [0.1, 0.15) is 5.82 Å². The zero-order chi connectivity index (χ0) is 13.8. The van der Waals surface area contributed by atoms with Gasteiger partial charge in [-0.1, -0.05) is 13.3 Å². The molecule has 1 aliphatic heterocycles. The van der Waals surface area contributed by atoms with Crippen LogP contribution in [0.25, 0.3) is 0 Å². The molecular formula is C15H20FNO2. The molecule has 0 atom stereocenters. The van der Waals surface area contributed by atoms with Crippen LogP contribution in [0.1, 0.15) is 42.1 Å². The second-order valence-corrected chi connectivity index (χ2v) is 5.28. The third-order valence-corrected chi connectivity index (χ3v) is 3.90. The zero-order valence-corrected chi connectivity index (χ0v) is 11.2. The Bertz CT molecular complexity index is 453. The Balaban J connectivity index is 2.01. The highest BCUT2D eigenvalue weighted by Gasteiger charge is 2.18. The smallest absolute Gasteiger partial charge is 0.335 e. The summed E-state index contributed by atoms with van der Waals surface area (Å²) in [6.45, 7) is 4.87. The van der Waals surface area contributed by atoms with Crippen LogP contribution in [-0.2, 0) is 6.54 Å². The highest BCUT2D eigenvalue weighted by Crippen LogP contribution is 2.21. The number of aromatic carboxylic acids is 1. The molecule has 3 nitrogen and oxygen atoms in total. The van der Waals surface area contributed by atoms with Crippen LogP contribution in [0, 0.1) is 11.7 Å². The van der Waals surface area contributed by atoms with Gasteiger partial charge in [-0.3, -0.25) is 4.90 Å². The fourth-order valence-corrected chi connectivity index (χ4v) is 2.68. The number of halogens is 1. The van der Waals surface area contributed by atoms with Gasteiger partial charge in [-0.25, -0.2) is 9.18 Å². The van der Waals surface area contributed by atoms with Crippen LogP contribution >= 0.6 is 0 Å². The maximum absolute atomic E-state index is 13.4. The van der Waals surface area contributed by atoms with E-state index >= 15 is 0 Å². The van der Waals surface area contributed by atoms with Crippen LogP contribution in [-0.4, -0.2) is 29.1 Å². The molecule has 0 unspecified atom stereocenters. The van der Waals surface area contributed by atoms with Crippen molar-refractivity contribution in [2.24, 2.45) is 5.92 Å². The van der Waals surface area contributed by atoms with Crippen LogP contribution in [0.4, 0.5) is 4.39 Å². The number of carbonyl (C=O) groups is 1. The monoisotopic (exact) mass is 265 g/mol. The minimum atomic E-state index is -1.08. The fourth-order valence-electron chi connectivity index (χ4n) is 2.68. The molecule has 104 valence electrons. The van der Waals surface area contributed by atoms with Crippen LogP contribution in [0.3, 0.4) is 0 Å². The van der Waals surface area contributed by atoms with E-state index in [1.165, 1.54) is 25.3 Å². The zero-order valence-electron chi connectivity index (χ0n) is 11.2. The molecule has 0 aliphatic carbocycles. The molecule has 1 saturated heterocycles. The van der Waals surface area contributed by atoms with Gasteiger partial charge in [-0.15, -0.1) is 0 Å². The van der Waals surface area contributed by atoms with Gasteiger partial charge in [0, 0.05) is 6.54 Å². The van der Waals surface area contributed by atoms with Gasteiger partial charge in [-0.05, 0) is 55.6 Å². The number of piperidine rings is 1. The van der Waals surface area contributed by atoms with E-state index in [0.717, 1.165) is 30.6 Å². The molecule has 4 heteroatoms. The first-order chi connectivity index (χ1) is 9.08. The lowest BCUT2D eigenvalue weighted by Crippen LogP contribution is -2.33. The second-order valence-electron chi connectivity index (χ2n) is 5.28. The van der Waals surface area contributed by atoms with Gasteiger partial charge >= 0.3 is 5.97 Å². The summed E-state index contributed by atoms with van der Waals surface area (Å²) in [5.41, 5.74) is 0.769.